The van der Waals surface area contributed by atoms with Gasteiger partial charge in [-0.1, -0.05) is 20.8 Å². The van der Waals surface area contributed by atoms with Gasteiger partial charge in [-0.2, -0.15) is 0 Å². The van der Waals surface area contributed by atoms with Crippen LogP contribution in [0, 0.1) is 45.3 Å². The molecule has 7 fully saturated rings. The fourth-order valence-electron chi connectivity index (χ4n) is 12.4. The Hall–Kier alpha value is -0.770. The number of fused-ring (bicyclic) bond motifs is 4. The zero-order chi connectivity index (χ0) is 29.8. The topological polar surface area (TPSA) is 115 Å². The van der Waals surface area contributed by atoms with E-state index in [1.165, 1.54) is 45.4 Å². The number of hydrogen-bond donors (Lipinski definition) is 3. The van der Waals surface area contributed by atoms with E-state index < -0.39 is 30.7 Å². The molecule has 0 aromatic rings. The number of esters is 1. The summed E-state index contributed by atoms with van der Waals surface area (Å²) in [6, 6.07) is 0. The molecule has 2 spiro atoms. The van der Waals surface area contributed by atoms with Crippen LogP contribution in [0.15, 0.2) is 0 Å². The van der Waals surface area contributed by atoms with Crippen molar-refractivity contribution in [3.63, 3.8) is 0 Å². The lowest BCUT2D eigenvalue weighted by Crippen LogP contribution is -2.56. The largest absolute Gasteiger partial charge is 0.457 e. The zero-order valence-electron chi connectivity index (χ0n) is 26.3. The maximum Gasteiger partial charge on any atom is 0.303 e. The minimum Gasteiger partial charge on any atom is -0.457 e. The molecule has 13 unspecified atom stereocenters. The highest BCUT2D eigenvalue weighted by Gasteiger charge is 2.80. The highest BCUT2D eigenvalue weighted by atomic mass is 16.7. The molecule has 2 aliphatic heterocycles. The molecule has 7 aliphatic rings. The van der Waals surface area contributed by atoms with Crippen molar-refractivity contribution in [2.45, 2.75) is 154 Å². The molecule has 0 amide bonds. The Morgan fingerprint density at radius 1 is 0.905 bits per heavy atom. The van der Waals surface area contributed by atoms with Crippen molar-refractivity contribution in [2.75, 3.05) is 6.61 Å². The summed E-state index contributed by atoms with van der Waals surface area (Å²) in [5.41, 5.74) is 1.18. The van der Waals surface area contributed by atoms with Crippen LogP contribution in [0.3, 0.4) is 0 Å². The normalized spacial score (nSPS) is 53.8. The third-order valence-electron chi connectivity index (χ3n) is 14.3. The molecule has 8 heteroatoms. The Morgan fingerprint density at radius 3 is 2.38 bits per heavy atom. The van der Waals surface area contributed by atoms with Gasteiger partial charge in [0.2, 0.25) is 0 Å². The summed E-state index contributed by atoms with van der Waals surface area (Å²) >= 11 is 0. The zero-order valence-corrected chi connectivity index (χ0v) is 26.3. The van der Waals surface area contributed by atoms with E-state index in [0.717, 1.165) is 31.6 Å². The molecule has 7 rings (SSSR count). The van der Waals surface area contributed by atoms with E-state index in [1.54, 1.807) is 6.92 Å². The third kappa shape index (κ3) is 4.24. The fraction of sp³-hybridized carbons (Fsp3) is 0.971. The van der Waals surface area contributed by atoms with Gasteiger partial charge in [0.15, 0.2) is 12.4 Å². The second kappa shape index (κ2) is 10.1. The molecule has 0 radical (unpaired) electrons. The number of aliphatic hydroxyl groups is 3. The Labute approximate surface area is 251 Å². The lowest BCUT2D eigenvalue weighted by Gasteiger charge is -2.60. The standard InChI is InChI=1S/C34H54O8/c1-18(35)30(40-19(2)36)25-8-6-21-26(41-25)14-22-20-7-9-27-31(3,4)28(42-29-15-23(37)24(38)16-39-29)10-11-34(27)17-33(20,34)13-12-32(21,22)5/h18,20-30,35,37-38H,6-17H2,1-5H3/t18?,20?,21-,22?,23?,24?,25?,26?,27-,28?,29?,30?,32?,33?,34?/m0/s1. The first-order valence-electron chi connectivity index (χ1n) is 17.0. The van der Waals surface area contributed by atoms with Crippen LogP contribution in [-0.4, -0.2) is 76.9 Å². The number of hydrogen-bond acceptors (Lipinski definition) is 8. The summed E-state index contributed by atoms with van der Waals surface area (Å²) in [5.74, 6) is 2.22. The first kappa shape index (κ1) is 29.9. The predicted molar refractivity (Wildman–Crippen MR) is 154 cm³/mol. The van der Waals surface area contributed by atoms with Gasteiger partial charge in [-0.05, 0) is 116 Å². The van der Waals surface area contributed by atoms with Gasteiger partial charge in [-0.3, -0.25) is 4.79 Å². The SMILES string of the molecule is CC(=O)OC(C(C)O)C1CC[C@H]2C(CC3C4CC[C@H]5C(C)(C)C(OC6CC(O)C(O)CO6)CCC56CC46CCC32C)O1. The van der Waals surface area contributed by atoms with Crippen molar-refractivity contribution in [2.24, 2.45) is 45.3 Å². The molecule has 0 aromatic heterocycles. The van der Waals surface area contributed by atoms with Crippen LogP contribution in [-0.2, 0) is 23.7 Å². The lowest BCUT2D eigenvalue weighted by atomic mass is 9.46. The van der Waals surface area contributed by atoms with E-state index in [0.29, 0.717) is 40.4 Å². The highest BCUT2D eigenvalue weighted by molar-refractivity contribution is 5.66. The molecular weight excluding hydrogens is 536 g/mol. The van der Waals surface area contributed by atoms with Crippen molar-refractivity contribution in [3.05, 3.63) is 0 Å². The van der Waals surface area contributed by atoms with E-state index in [4.69, 9.17) is 18.9 Å². The summed E-state index contributed by atoms with van der Waals surface area (Å²) in [7, 11) is 0. The van der Waals surface area contributed by atoms with Crippen molar-refractivity contribution in [1.29, 1.82) is 0 Å². The monoisotopic (exact) mass is 590 g/mol. The van der Waals surface area contributed by atoms with E-state index in [2.05, 4.69) is 20.8 Å². The van der Waals surface area contributed by atoms with Crippen molar-refractivity contribution in [1.82, 2.24) is 0 Å². The van der Waals surface area contributed by atoms with E-state index in [9.17, 15) is 20.1 Å². The first-order chi connectivity index (χ1) is 19.8. The molecule has 2 saturated heterocycles. The maximum absolute atomic E-state index is 11.8. The molecule has 5 saturated carbocycles. The summed E-state index contributed by atoms with van der Waals surface area (Å²) < 4.78 is 24.7. The smallest absolute Gasteiger partial charge is 0.303 e. The van der Waals surface area contributed by atoms with Gasteiger partial charge >= 0.3 is 5.97 Å². The van der Waals surface area contributed by atoms with Crippen LogP contribution in [0.4, 0.5) is 0 Å². The summed E-state index contributed by atoms with van der Waals surface area (Å²) in [5, 5.41) is 30.5. The van der Waals surface area contributed by atoms with Crippen molar-refractivity contribution < 1.29 is 39.1 Å². The number of aliphatic hydroxyl groups excluding tert-OH is 3. The van der Waals surface area contributed by atoms with E-state index in [1.807, 2.05) is 0 Å². The second-order valence-corrected chi connectivity index (χ2v) is 16.4. The second-order valence-electron chi connectivity index (χ2n) is 16.4. The Bertz CT molecular complexity index is 1060. The van der Waals surface area contributed by atoms with E-state index in [-0.39, 0.29) is 36.3 Å². The van der Waals surface area contributed by atoms with Crippen LogP contribution >= 0.6 is 0 Å². The lowest BCUT2D eigenvalue weighted by molar-refractivity contribution is -0.264. The van der Waals surface area contributed by atoms with Crippen LogP contribution < -0.4 is 0 Å². The van der Waals surface area contributed by atoms with Crippen LogP contribution in [0.1, 0.15) is 105 Å². The van der Waals surface area contributed by atoms with Gasteiger partial charge < -0.3 is 34.3 Å². The van der Waals surface area contributed by atoms with Gasteiger partial charge in [0.1, 0.15) is 6.10 Å². The average Bonchev–Trinajstić information content (AvgIpc) is 3.50. The summed E-state index contributed by atoms with van der Waals surface area (Å²) in [6.45, 7) is 10.6. The minimum atomic E-state index is -0.824. The fourth-order valence-corrected chi connectivity index (χ4v) is 12.4. The first-order valence-corrected chi connectivity index (χ1v) is 17.0. The molecule has 2 heterocycles. The van der Waals surface area contributed by atoms with Crippen LogP contribution in [0.25, 0.3) is 0 Å². The van der Waals surface area contributed by atoms with Gasteiger partial charge in [0.25, 0.3) is 0 Å². The molecule has 8 nitrogen and oxygen atoms in total. The highest BCUT2D eigenvalue weighted by Crippen LogP contribution is 2.87. The Morgan fingerprint density at radius 2 is 1.67 bits per heavy atom. The number of carbonyl (C=O) groups is 1. The molecule has 0 bridgehead atoms. The van der Waals surface area contributed by atoms with Crippen molar-refractivity contribution >= 4 is 5.97 Å². The Balaban J connectivity index is 1.07. The number of rotatable bonds is 5. The minimum absolute atomic E-state index is 0.0323. The Kier molecular flexibility index (Phi) is 7.21. The molecule has 15 atom stereocenters. The molecule has 5 aliphatic carbocycles. The quantitative estimate of drug-likeness (QED) is 0.320. The van der Waals surface area contributed by atoms with Crippen LogP contribution in [0.5, 0.6) is 0 Å². The molecule has 0 aromatic carbocycles. The molecule has 42 heavy (non-hydrogen) atoms. The molecular formula is C34H54O8. The van der Waals surface area contributed by atoms with Gasteiger partial charge in [-0.25, -0.2) is 0 Å². The number of carbonyl (C=O) groups excluding carboxylic acids is 1. The maximum atomic E-state index is 11.8. The van der Waals surface area contributed by atoms with Crippen LogP contribution in [0.2, 0.25) is 0 Å². The van der Waals surface area contributed by atoms with Crippen molar-refractivity contribution in [3.8, 4) is 0 Å². The molecule has 3 N–H and O–H groups in total. The van der Waals surface area contributed by atoms with Gasteiger partial charge in [-0.15, -0.1) is 0 Å². The molecule has 238 valence electrons. The van der Waals surface area contributed by atoms with Gasteiger partial charge in [0, 0.05) is 13.3 Å². The summed E-state index contributed by atoms with van der Waals surface area (Å²) in [4.78, 5) is 11.8. The average molecular weight is 591 g/mol. The third-order valence-corrected chi connectivity index (χ3v) is 14.3. The predicted octanol–water partition coefficient (Wildman–Crippen LogP) is 4.36. The van der Waals surface area contributed by atoms with E-state index >= 15 is 0 Å². The van der Waals surface area contributed by atoms with Gasteiger partial charge in [0.05, 0.1) is 37.1 Å². The number of ether oxygens (including phenoxy) is 4. The summed E-state index contributed by atoms with van der Waals surface area (Å²) in [6.07, 6.45) is 8.74.